The van der Waals surface area contributed by atoms with E-state index in [-0.39, 0.29) is 28.4 Å². The molecule has 0 unspecified atom stereocenters. The van der Waals surface area contributed by atoms with Crippen LogP contribution in [0.25, 0.3) is 0 Å². The summed E-state index contributed by atoms with van der Waals surface area (Å²) in [6.07, 6.45) is 0. The molecule has 2 rings (SSSR count). The van der Waals surface area contributed by atoms with Gasteiger partial charge in [-0.05, 0) is 17.7 Å². The van der Waals surface area contributed by atoms with Crippen LogP contribution in [0.5, 0.6) is 0 Å². The van der Waals surface area contributed by atoms with E-state index < -0.39 is 15.1 Å². The van der Waals surface area contributed by atoms with Gasteiger partial charge >= 0.3 is 0 Å². The molecule has 1 fully saturated rings. The molecule has 1 aliphatic rings. The van der Waals surface area contributed by atoms with Gasteiger partial charge in [0.2, 0.25) is 0 Å². The average Bonchev–Trinajstić information content (AvgIpc) is 3.06. The highest BCUT2D eigenvalue weighted by Gasteiger charge is 2.59. The van der Waals surface area contributed by atoms with Crippen molar-refractivity contribution in [3.63, 3.8) is 0 Å². The molecule has 1 saturated carbocycles. The van der Waals surface area contributed by atoms with Crippen LogP contribution < -0.4 is 5.73 Å². The Morgan fingerprint density at radius 2 is 1.94 bits per heavy atom. The van der Waals surface area contributed by atoms with E-state index in [1.165, 1.54) is 12.1 Å². The molecular formula is C12H14FNO2S2. The summed E-state index contributed by atoms with van der Waals surface area (Å²) in [7, 11) is -3.19. The lowest BCUT2D eigenvalue weighted by Crippen LogP contribution is -2.18. The van der Waals surface area contributed by atoms with Crippen LogP contribution in [0.2, 0.25) is 0 Å². The predicted molar refractivity (Wildman–Crippen MR) is 72.7 cm³/mol. The highest BCUT2D eigenvalue weighted by atomic mass is 32.2. The lowest BCUT2D eigenvalue weighted by atomic mass is 10.1. The Kier molecular flexibility index (Phi) is 3.42. The summed E-state index contributed by atoms with van der Waals surface area (Å²) < 4.78 is 36.7. The summed E-state index contributed by atoms with van der Waals surface area (Å²) in [5.74, 6) is -0.835. The Balaban J connectivity index is 2.33. The van der Waals surface area contributed by atoms with Gasteiger partial charge in [-0.25, -0.2) is 12.8 Å². The summed E-state index contributed by atoms with van der Waals surface area (Å²) in [4.78, 5) is 0.214. The highest BCUT2D eigenvalue weighted by Crippen LogP contribution is 2.52. The molecule has 0 amide bonds. The molecule has 6 heteroatoms. The number of benzene rings is 1. The summed E-state index contributed by atoms with van der Waals surface area (Å²) in [5, 5.41) is -0.550. The van der Waals surface area contributed by atoms with E-state index >= 15 is 0 Å². The molecule has 0 aliphatic heterocycles. The summed E-state index contributed by atoms with van der Waals surface area (Å²) in [5.41, 5.74) is 6.36. The van der Waals surface area contributed by atoms with Crippen LogP contribution in [-0.2, 0) is 9.84 Å². The van der Waals surface area contributed by atoms with E-state index in [0.717, 1.165) is 5.56 Å². The van der Waals surface area contributed by atoms with Crippen LogP contribution in [0.4, 0.5) is 4.39 Å². The Morgan fingerprint density at radius 1 is 1.39 bits per heavy atom. The molecule has 0 aromatic heterocycles. The molecule has 1 aromatic carbocycles. The first-order valence-electron chi connectivity index (χ1n) is 5.65. The van der Waals surface area contributed by atoms with Crippen molar-refractivity contribution in [3.8, 4) is 0 Å². The first kappa shape index (κ1) is 13.4. The maximum atomic E-state index is 12.9. The normalized spacial score (nSPS) is 26.9. The lowest BCUT2D eigenvalue weighted by molar-refractivity contribution is 0.594. The minimum atomic E-state index is -3.19. The molecule has 1 aliphatic carbocycles. The van der Waals surface area contributed by atoms with Crippen LogP contribution in [0, 0.1) is 11.7 Å². The zero-order valence-electron chi connectivity index (χ0n) is 9.84. The van der Waals surface area contributed by atoms with Gasteiger partial charge in [-0.15, -0.1) is 0 Å². The van der Waals surface area contributed by atoms with Gasteiger partial charge in [0.05, 0.1) is 10.2 Å². The minimum Gasteiger partial charge on any atom is -0.393 e. The fourth-order valence-electron chi connectivity index (χ4n) is 2.34. The second kappa shape index (κ2) is 4.59. The standard InChI is InChI=1S/C12H14FNO2S2/c1-2-18(15,16)11-9(10(11)12(14)17)7-3-5-8(13)6-4-7/h3-6,9-11H,2H2,1H3,(H2,14,17)/t9-,10-,11+/m1/s1. The summed E-state index contributed by atoms with van der Waals surface area (Å²) in [6.45, 7) is 1.60. The Hall–Kier alpha value is -1.01. The molecule has 0 radical (unpaired) electrons. The second-order valence-electron chi connectivity index (χ2n) is 4.42. The van der Waals surface area contributed by atoms with Gasteiger partial charge in [-0.2, -0.15) is 0 Å². The molecule has 0 saturated heterocycles. The Bertz CT molecular complexity index is 568. The van der Waals surface area contributed by atoms with Gasteiger partial charge < -0.3 is 5.73 Å². The topological polar surface area (TPSA) is 60.2 Å². The van der Waals surface area contributed by atoms with E-state index in [0.29, 0.717) is 0 Å². The predicted octanol–water partition coefficient (Wildman–Crippen LogP) is 1.63. The first-order valence-corrected chi connectivity index (χ1v) is 7.77. The first-order chi connectivity index (χ1) is 8.38. The van der Waals surface area contributed by atoms with Crippen LogP contribution >= 0.6 is 12.2 Å². The highest BCUT2D eigenvalue weighted by molar-refractivity contribution is 7.92. The average molecular weight is 287 g/mol. The van der Waals surface area contributed by atoms with Gasteiger partial charge in [0, 0.05) is 17.6 Å². The third-order valence-electron chi connectivity index (χ3n) is 3.35. The quantitative estimate of drug-likeness (QED) is 0.855. The van der Waals surface area contributed by atoms with Crippen molar-refractivity contribution in [3.05, 3.63) is 35.6 Å². The molecular weight excluding hydrogens is 273 g/mol. The van der Waals surface area contributed by atoms with Crippen LogP contribution in [0.3, 0.4) is 0 Å². The number of halogens is 1. The minimum absolute atomic E-state index is 0.0640. The van der Waals surface area contributed by atoms with Crippen molar-refractivity contribution in [1.29, 1.82) is 0 Å². The SMILES string of the molecule is CCS(=O)(=O)[C@@H]1[C@H](C(N)=S)[C@H]1c1ccc(F)cc1. The second-order valence-corrected chi connectivity index (χ2v) is 7.34. The maximum Gasteiger partial charge on any atom is 0.154 e. The van der Waals surface area contributed by atoms with Gasteiger partial charge in [0.1, 0.15) is 5.82 Å². The van der Waals surface area contributed by atoms with Gasteiger partial charge in [-0.3, -0.25) is 0 Å². The molecule has 3 nitrogen and oxygen atoms in total. The number of sulfone groups is 1. The Labute approximate surface area is 111 Å². The zero-order chi connectivity index (χ0) is 13.5. The van der Waals surface area contributed by atoms with Crippen molar-refractivity contribution >= 4 is 27.0 Å². The molecule has 0 bridgehead atoms. The van der Waals surface area contributed by atoms with E-state index in [4.69, 9.17) is 18.0 Å². The van der Waals surface area contributed by atoms with Crippen molar-refractivity contribution < 1.29 is 12.8 Å². The van der Waals surface area contributed by atoms with E-state index in [2.05, 4.69) is 0 Å². The maximum absolute atomic E-state index is 12.9. The van der Waals surface area contributed by atoms with Crippen LogP contribution in [0.1, 0.15) is 18.4 Å². The van der Waals surface area contributed by atoms with Crippen molar-refractivity contribution in [2.24, 2.45) is 11.7 Å². The van der Waals surface area contributed by atoms with Crippen molar-refractivity contribution in [2.75, 3.05) is 5.75 Å². The van der Waals surface area contributed by atoms with E-state index in [1.807, 2.05) is 0 Å². The molecule has 0 spiro atoms. The number of hydrogen-bond donors (Lipinski definition) is 1. The zero-order valence-corrected chi connectivity index (χ0v) is 11.5. The van der Waals surface area contributed by atoms with Gasteiger partial charge in [-0.1, -0.05) is 31.3 Å². The molecule has 18 heavy (non-hydrogen) atoms. The van der Waals surface area contributed by atoms with Crippen molar-refractivity contribution in [2.45, 2.75) is 18.1 Å². The monoisotopic (exact) mass is 287 g/mol. The lowest BCUT2D eigenvalue weighted by Gasteiger charge is -2.00. The molecule has 98 valence electrons. The van der Waals surface area contributed by atoms with Gasteiger partial charge in [0.25, 0.3) is 0 Å². The number of rotatable bonds is 4. The fourth-order valence-corrected chi connectivity index (χ4v) is 4.55. The van der Waals surface area contributed by atoms with Crippen LogP contribution in [-0.4, -0.2) is 24.4 Å². The number of thiocarbonyl (C=S) groups is 1. The molecule has 1 aromatic rings. The van der Waals surface area contributed by atoms with Crippen molar-refractivity contribution in [1.82, 2.24) is 0 Å². The molecule has 3 atom stereocenters. The largest absolute Gasteiger partial charge is 0.393 e. The third kappa shape index (κ3) is 2.27. The smallest absolute Gasteiger partial charge is 0.154 e. The molecule has 0 heterocycles. The van der Waals surface area contributed by atoms with Gasteiger partial charge in [0.15, 0.2) is 9.84 Å². The number of nitrogens with two attached hydrogens (primary N) is 1. The number of hydrogen-bond acceptors (Lipinski definition) is 3. The third-order valence-corrected chi connectivity index (χ3v) is 5.85. The van der Waals surface area contributed by atoms with E-state index in [9.17, 15) is 12.8 Å². The molecule has 2 N–H and O–H groups in total. The fraction of sp³-hybridized carbons (Fsp3) is 0.417. The van der Waals surface area contributed by atoms with Crippen LogP contribution in [0.15, 0.2) is 24.3 Å². The Morgan fingerprint density at radius 3 is 2.39 bits per heavy atom. The summed E-state index contributed by atoms with van der Waals surface area (Å²) in [6, 6.07) is 5.83. The van der Waals surface area contributed by atoms with E-state index in [1.54, 1.807) is 19.1 Å². The summed E-state index contributed by atoms with van der Waals surface area (Å²) >= 11 is 4.92.